The standard InChI is InChI=1S/C9H8F3NO/c1-5-2-3-6(4-7(5)10)13-9(14)8(11)12/h2-4,8H,1H3,(H,13,14). The summed E-state index contributed by atoms with van der Waals surface area (Å²) in [6.07, 6.45) is -3.10. The van der Waals surface area contributed by atoms with Gasteiger partial charge in [0.05, 0.1) is 0 Å². The number of nitrogens with one attached hydrogen (secondary N) is 1. The number of rotatable bonds is 2. The Morgan fingerprint density at radius 2 is 2.07 bits per heavy atom. The molecule has 0 bridgehead atoms. The molecule has 0 spiro atoms. The Bertz CT molecular complexity index is 352. The monoisotopic (exact) mass is 203 g/mol. The van der Waals surface area contributed by atoms with Crippen LogP contribution in [0.2, 0.25) is 0 Å². The largest absolute Gasteiger partial charge is 0.321 e. The summed E-state index contributed by atoms with van der Waals surface area (Å²) in [5, 5.41) is 1.88. The molecule has 14 heavy (non-hydrogen) atoms. The summed E-state index contributed by atoms with van der Waals surface area (Å²) >= 11 is 0. The average molecular weight is 203 g/mol. The number of hydrogen-bond donors (Lipinski definition) is 1. The molecule has 76 valence electrons. The highest BCUT2D eigenvalue weighted by atomic mass is 19.3. The molecule has 0 atom stereocenters. The van der Waals surface area contributed by atoms with E-state index in [2.05, 4.69) is 0 Å². The van der Waals surface area contributed by atoms with Crippen LogP contribution in [0.25, 0.3) is 0 Å². The maximum atomic E-state index is 12.9. The van der Waals surface area contributed by atoms with Gasteiger partial charge in [-0.1, -0.05) is 6.07 Å². The van der Waals surface area contributed by atoms with E-state index in [1.54, 1.807) is 0 Å². The summed E-state index contributed by atoms with van der Waals surface area (Å²) in [7, 11) is 0. The number of carbonyl (C=O) groups excluding carboxylic acids is 1. The van der Waals surface area contributed by atoms with Gasteiger partial charge in [0.25, 0.3) is 5.91 Å². The van der Waals surface area contributed by atoms with Crippen molar-refractivity contribution in [3.63, 3.8) is 0 Å². The first-order valence-electron chi connectivity index (χ1n) is 3.86. The van der Waals surface area contributed by atoms with Gasteiger partial charge in [0.1, 0.15) is 5.82 Å². The Labute approximate surface area is 78.7 Å². The van der Waals surface area contributed by atoms with Crippen LogP contribution in [0.1, 0.15) is 5.56 Å². The number of halogens is 3. The van der Waals surface area contributed by atoms with Gasteiger partial charge < -0.3 is 5.32 Å². The Kier molecular flexibility index (Phi) is 3.11. The fourth-order valence-corrected chi connectivity index (χ4v) is 0.867. The van der Waals surface area contributed by atoms with Crippen molar-refractivity contribution in [2.24, 2.45) is 0 Å². The van der Waals surface area contributed by atoms with Crippen LogP contribution in [0.5, 0.6) is 0 Å². The van der Waals surface area contributed by atoms with Crippen LogP contribution >= 0.6 is 0 Å². The Morgan fingerprint density at radius 1 is 1.43 bits per heavy atom. The zero-order valence-corrected chi connectivity index (χ0v) is 7.35. The molecule has 1 N–H and O–H groups in total. The second-order valence-electron chi connectivity index (χ2n) is 2.75. The van der Waals surface area contributed by atoms with Crippen molar-refractivity contribution in [1.82, 2.24) is 0 Å². The molecule has 1 aromatic rings. The van der Waals surface area contributed by atoms with Gasteiger partial charge >= 0.3 is 6.43 Å². The van der Waals surface area contributed by atoms with Crippen LogP contribution in [0.3, 0.4) is 0 Å². The number of amides is 1. The number of alkyl halides is 2. The van der Waals surface area contributed by atoms with Crippen LogP contribution in [-0.4, -0.2) is 12.3 Å². The summed E-state index contributed by atoms with van der Waals surface area (Å²) in [5.41, 5.74) is 0.415. The van der Waals surface area contributed by atoms with Gasteiger partial charge in [-0.3, -0.25) is 4.79 Å². The smallest absolute Gasteiger partial charge is 0.315 e. The summed E-state index contributed by atoms with van der Waals surface area (Å²) < 4.78 is 36.5. The summed E-state index contributed by atoms with van der Waals surface area (Å²) in [5.74, 6) is -1.98. The van der Waals surface area contributed by atoms with Crippen molar-refractivity contribution >= 4 is 11.6 Å². The van der Waals surface area contributed by atoms with E-state index in [1.165, 1.54) is 19.1 Å². The molecule has 0 radical (unpaired) electrons. The molecule has 0 aromatic heterocycles. The molecule has 1 aromatic carbocycles. The van der Waals surface area contributed by atoms with Crippen LogP contribution in [0.15, 0.2) is 18.2 Å². The highest BCUT2D eigenvalue weighted by Crippen LogP contribution is 2.14. The Morgan fingerprint density at radius 3 is 2.57 bits per heavy atom. The molecule has 0 heterocycles. The number of benzene rings is 1. The van der Waals surface area contributed by atoms with Gasteiger partial charge in [-0.05, 0) is 24.6 Å². The minimum Gasteiger partial charge on any atom is -0.321 e. The lowest BCUT2D eigenvalue weighted by atomic mass is 10.2. The van der Waals surface area contributed by atoms with Crippen molar-refractivity contribution in [2.45, 2.75) is 13.3 Å². The van der Waals surface area contributed by atoms with Crippen molar-refractivity contribution in [1.29, 1.82) is 0 Å². The maximum Gasteiger partial charge on any atom is 0.315 e. The highest BCUT2D eigenvalue weighted by Gasteiger charge is 2.15. The van der Waals surface area contributed by atoms with E-state index in [0.29, 0.717) is 5.56 Å². The third-order valence-corrected chi connectivity index (χ3v) is 1.64. The second kappa shape index (κ2) is 4.13. The number of aryl methyl sites for hydroxylation is 1. The van der Waals surface area contributed by atoms with Gasteiger partial charge in [-0.15, -0.1) is 0 Å². The van der Waals surface area contributed by atoms with Crippen molar-refractivity contribution < 1.29 is 18.0 Å². The lowest BCUT2D eigenvalue weighted by Crippen LogP contribution is -2.20. The molecule has 0 aliphatic rings. The first-order valence-corrected chi connectivity index (χ1v) is 3.86. The minimum atomic E-state index is -3.10. The zero-order valence-electron chi connectivity index (χ0n) is 7.35. The van der Waals surface area contributed by atoms with E-state index >= 15 is 0 Å². The quantitative estimate of drug-likeness (QED) is 0.785. The summed E-state index contributed by atoms with van der Waals surface area (Å²) in [6.45, 7) is 1.54. The van der Waals surface area contributed by atoms with Crippen LogP contribution < -0.4 is 5.32 Å². The molecule has 0 aliphatic heterocycles. The van der Waals surface area contributed by atoms with Gasteiger partial charge in [0.2, 0.25) is 0 Å². The fourth-order valence-electron chi connectivity index (χ4n) is 0.867. The van der Waals surface area contributed by atoms with Crippen molar-refractivity contribution in [3.8, 4) is 0 Å². The SMILES string of the molecule is Cc1ccc(NC(=O)C(F)F)cc1F. The van der Waals surface area contributed by atoms with Gasteiger partial charge in [0, 0.05) is 5.69 Å². The molecular formula is C9H8F3NO. The van der Waals surface area contributed by atoms with Gasteiger partial charge in [0.15, 0.2) is 0 Å². The molecule has 0 saturated heterocycles. The number of hydrogen-bond acceptors (Lipinski definition) is 1. The predicted molar refractivity (Wildman–Crippen MR) is 45.8 cm³/mol. The first kappa shape index (κ1) is 10.6. The molecule has 0 aliphatic carbocycles. The molecular weight excluding hydrogens is 195 g/mol. The van der Waals surface area contributed by atoms with Crippen LogP contribution in [0, 0.1) is 12.7 Å². The van der Waals surface area contributed by atoms with E-state index in [-0.39, 0.29) is 5.69 Å². The van der Waals surface area contributed by atoms with Gasteiger partial charge in [-0.2, -0.15) is 8.78 Å². The van der Waals surface area contributed by atoms with E-state index < -0.39 is 18.1 Å². The minimum absolute atomic E-state index is 0.0263. The van der Waals surface area contributed by atoms with Crippen LogP contribution in [-0.2, 0) is 4.79 Å². The predicted octanol–water partition coefficient (Wildman–Crippen LogP) is 2.34. The van der Waals surface area contributed by atoms with E-state index in [9.17, 15) is 18.0 Å². The normalized spacial score (nSPS) is 10.4. The molecule has 0 saturated carbocycles. The van der Waals surface area contributed by atoms with Crippen molar-refractivity contribution in [3.05, 3.63) is 29.6 Å². The lowest BCUT2D eigenvalue weighted by molar-refractivity contribution is -0.126. The molecule has 1 amide bonds. The third-order valence-electron chi connectivity index (χ3n) is 1.64. The average Bonchev–Trinajstić information content (AvgIpc) is 2.11. The first-order chi connectivity index (χ1) is 6.50. The molecule has 1 rings (SSSR count). The second-order valence-corrected chi connectivity index (χ2v) is 2.75. The summed E-state index contributed by atoms with van der Waals surface area (Å²) in [6, 6.07) is 3.75. The topological polar surface area (TPSA) is 29.1 Å². The molecule has 0 unspecified atom stereocenters. The van der Waals surface area contributed by atoms with Crippen LogP contribution in [0.4, 0.5) is 18.9 Å². The highest BCUT2D eigenvalue weighted by molar-refractivity contribution is 5.93. The third kappa shape index (κ3) is 2.48. The lowest BCUT2D eigenvalue weighted by Gasteiger charge is -2.04. The molecule has 5 heteroatoms. The fraction of sp³-hybridized carbons (Fsp3) is 0.222. The molecule has 0 fully saturated rings. The maximum absolute atomic E-state index is 12.9. The Hall–Kier alpha value is -1.52. The van der Waals surface area contributed by atoms with Crippen molar-refractivity contribution in [2.75, 3.05) is 5.32 Å². The van der Waals surface area contributed by atoms with E-state index in [1.807, 2.05) is 5.32 Å². The van der Waals surface area contributed by atoms with E-state index in [4.69, 9.17) is 0 Å². The Balaban J connectivity index is 2.78. The summed E-state index contributed by atoms with van der Waals surface area (Å²) in [4.78, 5) is 10.5. The number of anilines is 1. The zero-order chi connectivity index (χ0) is 10.7. The van der Waals surface area contributed by atoms with Gasteiger partial charge in [-0.25, -0.2) is 4.39 Å². The number of carbonyl (C=O) groups is 1. The molecule has 2 nitrogen and oxygen atoms in total. The van der Waals surface area contributed by atoms with E-state index in [0.717, 1.165) is 6.07 Å².